The Kier molecular flexibility index (Phi) is 11.4. The summed E-state index contributed by atoms with van der Waals surface area (Å²) < 4.78 is 5.42. The van der Waals surface area contributed by atoms with Gasteiger partial charge in [0.2, 0.25) is 0 Å². The number of halogens is 1. The van der Waals surface area contributed by atoms with Gasteiger partial charge >= 0.3 is 0 Å². The fourth-order valence-corrected chi connectivity index (χ4v) is 2.53. The molecule has 1 heterocycles. The van der Waals surface area contributed by atoms with E-state index < -0.39 is 0 Å². The van der Waals surface area contributed by atoms with Gasteiger partial charge < -0.3 is 15.4 Å². The second-order valence-electron chi connectivity index (χ2n) is 6.35. The number of rotatable bonds is 8. The summed E-state index contributed by atoms with van der Waals surface area (Å²) in [5.41, 5.74) is -0.221. The maximum Gasteiger partial charge on any atom is 0.191 e. The molecule has 1 aliphatic rings. The van der Waals surface area contributed by atoms with E-state index in [1.54, 1.807) is 7.11 Å². The standard InChI is InChI=1S/C16H34N4O.HI/c1-6-14(20-10-8-9-11-20)12-18-15(17-7-2)19-13-16(3,4)21-5;/h14H,6-13H2,1-5H3,(H2,17,18,19);1H. The molecule has 1 fully saturated rings. The lowest BCUT2D eigenvalue weighted by Crippen LogP contribution is -2.46. The maximum absolute atomic E-state index is 5.42. The largest absolute Gasteiger partial charge is 0.377 e. The SMILES string of the molecule is CCNC(=NCC(C)(C)OC)NCC(CC)N1CCCC1.I. The van der Waals surface area contributed by atoms with Crippen LogP contribution in [0.15, 0.2) is 4.99 Å². The minimum Gasteiger partial charge on any atom is -0.377 e. The van der Waals surface area contributed by atoms with Gasteiger partial charge in [0.15, 0.2) is 5.96 Å². The van der Waals surface area contributed by atoms with Crippen LogP contribution in [0.2, 0.25) is 0 Å². The first-order valence-electron chi connectivity index (χ1n) is 8.33. The van der Waals surface area contributed by atoms with E-state index in [9.17, 15) is 0 Å². The number of hydrogen-bond donors (Lipinski definition) is 2. The molecule has 0 aromatic heterocycles. The predicted octanol–water partition coefficient (Wildman–Crippen LogP) is 2.46. The number of nitrogens with zero attached hydrogens (tertiary/aromatic N) is 2. The smallest absolute Gasteiger partial charge is 0.191 e. The van der Waals surface area contributed by atoms with Gasteiger partial charge in [0, 0.05) is 26.2 Å². The van der Waals surface area contributed by atoms with Crippen molar-refractivity contribution >= 4 is 29.9 Å². The second kappa shape index (κ2) is 11.5. The zero-order valence-electron chi connectivity index (χ0n) is 14.9. The highest BCUT2D eigenvalue weighted by atomic mass is 127. The van der Waals surface area contributed by atoms with Crippen molar-refractivity contribution in [2.75, 3.05) is 39.8 Å². The Morgan fingerprint density at radius 2 is 1.86 bits per heavy atom. The summed E-state index contributed by atoms with van der Waals surface area (Å²) in [5.74, 6) is 0.889. The molecule has 0 aromatic rings. The summed E-state index contributed by atoms with van der Waals surface area (Å²) in [4.78, 5) is 7.23. The molecule has 22 heavy (non-hydrogen) atoms. The number of hydrogen-bond acceptors (Lipinski definition) is 3. The van der Waals surface area contributed by atoms with E-state index in [1.807, 2.05) is 0 Å². The minimum atomic E-state index is -0.221. The van der Waals surface area contributed by atoms with Crippen molar-refractivity contribution in [2.45, 2.75) is 58.6 Å². The molecular weight excluding hydrogens is 391 g/mol. The van der Waals surface area contributed by atoms with Crippen LogP contribution in [0.5, 0.6) is 0 Å². The summed E-state index contributed by atoms with van der Waals surface area (Å²) in [5, 5.41) is 6.80. The number of likely N-dealkylation sites (tertiary alicyclic amines) is 1. The third-order valence-electron chi connectivity index (χ3n) is 4.15. The molecule has 0 saturated carbocycles. The quantitative estimate of drug-likeness (QED) is 0.356. The monoisotopic (exact) mass is 426 g/mol. The molecule has 1 saturated heterocycles. The summed E-state index contributed by atoms with van der Waals surface area (Å²) in [7, 11) is 1.73. The van der Waals surface area contributed by atoms with Crippen LogP contribution in [0.3, 0.4) is 0 Å². The Hall–Kier alpha value is -0.0800. The molecule has 0 amide bonds. The fraction of sp³-hybridized carbons (Fsp3) is 0.938. The molecule has 1 rings (SSSR count). The van der Waals surface area contributed by atoms with E-state index in [0.29, 0.717) is 12.6 Å². The third-order valence-corrected chi connectivity index (χ3v) is 4.15. The number of methoxy groups -OCH3 is 1. The molecule has 0 aromatic carbocycles. The molecule has 5 nitrogen and oxygen atoms in total. The average Bonchev–Trinajstić information content (AvgIpc) is 2.99. The molecular formula is C16H35IN4O. The van der Waals surface area contributed by atoms with E-state index in [1.165, 1.54) is 32.4 Å². The van der Waals surface area contributed by atoms with Gasteiger partial charge in [-0.2, -0.15) is 0 Å². The lowest BCUT2D eigenvalue weighted by atomic mass is 10.1. The van der Waals surface area contributed by atoms with Crippen LogP contribution in [-0.4, -0.2) is 62.3 Å². The van der Waals surface area contributed by atoms with Crippen molar-refractivity contribution in [3.05, 3.63) is 0 Å². The van der Waals surface area contributed by atoms with Crippen molar-refractivity contribution in [3.8, 4) is 0 Å². The zero-order chi connectivity index (χ0) is 15.7. The number of guanidine groups is 1. The molecule has 132 valence electrons. The van der Waals surface area contributed by atoms with E-state index >= 15 is 0 Å². The van der Waals surface area contributed by atoms with Crippen LogP contribution in [0.1, 0.15) is 47.0 Å². The van der Waals surface area contributed by atoms with Crippen LogP contribution in [-0.2, 0) is 4.74 Å². The van der Waals surface area contributed by atoms with Crippen molar-refractivity contribution in [3.63, 3.8) is 0 Å². The molecule has 6 heteroatoms. The minimum absolute atomic E-state index is 0. The second-order valence-corrected chi connectivity index (χ2v) is 6.35. The van der Waals surface area contributed by atoms with Gasteiger partial charge in [0.1, 0.15) is 0 Å². The van der Waals surface area contributed by atoms with Gasteiger partial charge in [-0.1, -0.05) is 6.92 Å². The maximum atomic E-state index is 5.42. The first-order chi connectivity index (χ1) is 10.0. The summed E-state index contributed by atoms with van der Waals surface area (Å²) in [6.45, 7) is 13.4. The highest BCUT2D eigenvalue weighted by Gasteiger charge is 2.21. The average molecular weight is 426 g/mol. The zero-order valence-corrected chi connectivity index (χ0v) is 17.3. The number of aliphatic imine (C=N–C) groups is 1. The molecule has 1 unspecified atom stereocenters. The van der Waals surface area contributed by atoms with Gasteiger partial charge in [0.05, 0.1) is 12.1 Å². The van der Waals surface area contributed by atoms with Gasteiger partial charge in [0.25, 0.3) is 0 Å². The van der Waals surface area contributed by atoms with Crippen LogP contribution in [0, 0.1) is 0 Å². The third kappa shape index (κ3) is 7.97. The van der Waals surface area contributed by atoms with Gasteiger partial charge in [-0.05, 0) is 53.1 Å². The van der Waals surface area contributed by atoms with Crippen molar-refractivity contribution in [1.29, 1.82) is 0 Å². The summed E-state index contributed by atoms with van der Waals surface area (Å²) in [6.07, 6.45) is 3.86. The Labute approximate surface area is 153 Å². The van der Waals surface area contributed by atoms with Gasteiger partial charge in [-0.3, -0.25) is 9.89 Å². The molecule has 0 spiro atoms. The van der Waals surface area contributed by atoms with Gasteiger partial charge in [-0.25, -0.2) is 0 Å². The van der Waals surface area contributed by atoms with Crippen molar-refractivity contribution < 1.29 is 4.74 Å². The van der Waals surface area contributed by atoms with E-state index in [0.717, 1.165) is 19.0 Å². The first-order valence-corrected chi connectivity index (χ1v) is 8.33. The van der Waals surface area contributed by atoms with E-state index in [-0.39, 0.29) is 29.6 Å². The lowest BCUT2D eigenvalue weighted by Gasteiger charge is -2.27. The predicted molar refractivity (Wildman–Crippen MR) is 105 cm³/mol. The number of ether oxygens (including phenoxy) is 1. The summed E-state index contributed by atoms with van der Waals surface area (Å²) >= 11 is 0. The van der Waals surface area contributed by atoms with E-state index in [4.69, 9.17) is 4.74 Å². The normalized spacial score (nSPS) is 18.0. The highest BCUT2D eigenvalue weighted by Crippen LogP contribution is 2.13. The molecule has 2 N–H and O–H groups in total. The van der Waals surface area contributed by atoms with Crippen molar-refractivity contribution in [1.82, 2.24) is 15.5 Å². The van der Waals surface area contributed by atoms with Gasteiger partial charge in [-0.15, -0.1) is 24.0 Å². The van der Waals surface area contributed by atoms with Crippen molar-refractivity contribution in [2.24, 2.45) is 4.99 Å². The van der Waals surface area contributed by atoms with Crippen LogP contribution in [0.25, 0.3) is 0 Å². The summed E-state index contributed by atoms with van der Waals surface area (Å²) in [6, 6.07) is 0.604. The Balaban J connectivity index is 0.00000441. The number of nitrogens with one attached hydrogen (secondary N) is 2. The van der Waals surface area contributed by atoms with Crippen LogP contribution >= 0.6 is 24.0 Å². The molecule has 1 aliphatic heterocycles. The Morgan fingerprint density at radius 3 is 2.36 bits per heavy atom. The first kappa shape index (κ1) is 21.9. The topological polar surface area (TPSA) is 48.9 Å². The molecule has 0 aliphatic carbocycles. The molecule has 1 atom stereocenters. The Bertz CT molecular complexity index is 317. The lowest BCUT2D eigenvalue weighted by molar-refractivity contribution is 0.0310. The Morgan fingerprint density at radius 1 is 1.23 bits per heavy atom. The fourth-order valence-electron chi connectivity index (χ4n) is 2.53. The molecule has 0 radical (unpaired) electrons. The molecule has 0 bridgehead atoms. The van der Waals surface area contributed by atoms with E-state index in [2.05, 4.69) is 48.2 Å². The van der Waals surface area contributed by atoms with Crippen LogP contribution in [0.4, 0.5) is 0 Å². The van der Waals surface area contributed by atoms with Crippen LogP contribution < -0.4 is 10.6 Å². The highest BCUT2D eigenvalue weighted by molar-refractivity contribution is 14.0.